The lowest BCUT2D eigenvalue weighted by Gasteiger charge is -2.13. The molecule has 110 valence electrons. The van der Waals surface area contributed by atoms with Crippen molar-refractivity contribution in [2.24, 2.45) is 0 Å². The Morgan fingerprint density at radius 3 is 2.71 bits per heavy atom. The standard InChI is InChI=1S/C14H13Br2N3O2/c1-7(17-6-9-5-10(15)13(16)21-9)8-2-3-11-12(4-8)19-14(20)18-11/h2-5,7,17H,6H2,1H3,(H2,18,19,20). The summed E-state index contributed by atoms with van der Waals surface area (Å²) in [6.45, 7) is 2.69. The SMILES string of the molecule is CC(NCc1cc(Br)c(Br)o1)c1ccc2[nH]c(=O)[nH]c2c1. The largest absolute Gasteiger partial charge is 0.452 e. The van der Waals surface area contributed by atoms with Crippen LogP contribution in [0, 0.1) is 0 Å². The first-order valence-corrected chi connectivity index (χ1v) is 8.00. The average Bonchev–Trinajstić information content (AvgIpc) is 2.97. The van der Waals surface area contributed by atoms with Gasteiger partial charge in [0.2, 0.25) is 0 Å². The lowest BCUT2D eigenvalue weighted by molar-refractivity contribution is 0.446. The van der Waals surface area contributed by atoms with E-state index >= 15 is 0 Å². The van der Waals surface area contributed by atoms with Crippen LogP contribution < -0.4 is 11.0 Å². The third-order valence-corrected chi connectivity index (χ3v) is 5.03. The van der Waals surface area contributed by atoms with E-state index in [0.29, 0.717) is 11.2 Å². The van der Waals surface area contributed by atoms with E-state index < -0.39 is 0 Å². The first-order valence-electron chi connectivity index (χ1n) is 6.42. The number of aromatic amines is 2. The number of benzene rings is 1. The fourth-order valence-corrected chi connectivity index (χ4v) is 2.83. The number of rotatable bonds is 4. The molecule has 1 aromatic carbocycles. The van der Waals surface area contributed by atoms with Crippen molar-refractivity contribution in [2.45, 2.75) is 19.5 Å². The van der Waals surface area contributed by atoms with E-state index in [2.05, 4.69) is 54.1 Å². The molecule has 0 spiro atoms. The van der Waals surface area contributed by atoms with Crippen molar-refractivity contribution in [1.82, 2.24) is 15.3 Å². The summed E-state index contributed by atoms with van der Waals surface area (Å²) in [5, 5.41) is 3.39. The molecule has 7 heteroatoms. The van der Waals surface area contributed by atoms with Crippen LogP contribution in [0.1, 0.15) is 24.3 Å². The average molecular weight is 415 g/mol. The summed E-state index contributed by atoms with van der Waals surface area (Å²) in [5.74, 6) is 0.844. The van der Waals surface area contributed by atoms with Crippen molar-refractivity contribution in [3.05, 3.63) is 55.2 Å². The normalized spacial score (nSPS) is 12.9. The second-order valence-electron chi connectivity index (χ2n) is 4.82. The maximum Gasteiger partial charge on any atom is 0.323 e. The Kier molecular flexibility index (Phi) is 4.05. The summed E-state index contributed by atoms with van der Waals surface area (Å²) in [5.41, 5.74) is 2.54. The van der Waals surface area contributed by atoms with Crippen molar-refractivity contribution < 1.29 is 4.42 Å². The summed E-state index contributed by atoms with van der Waals surface area (Å²) >= 11 is 6.71. The zero-order valence-electron chi connectivity index (χ0n) is 11.2. The second-order valence-corrected chi connectivity index (χ2v) is 6.40. The molecule has 2 aromatic heterocycles. The number of halogens is 2. The van der Waals surface area contributed by atoms with Gasteiger partial charge < -0.3 is 19.7 Å². The highest BCUT2D eigenvalue weighted by atomic mass is 79.9. The molecular formula is C14H13Br2N3O2. The van der Waals surface area contributed by atoms with Crippen molar-refractivity contribution in [3.63, 3.8) is 0 Å². The fraction of sp³-hybridized carbons (Fsp3) is 0.214. The maximum absolute atomic E-state index is 11.3. The van der Waals surface area contributed by atoms with E-state index in [4.69, 9.17) is 4.42 Å². The molecule has 0 aliphatic heterocycles. The van der Waals surface area contributed by atoms with Gasteiger partial charge in [-0.1, -0.05) is 6.07 Å². The number of fused-ring (bicyclic) bond motifs is 1. The zero-order valence-corrected chi connectivity index (χ0v) is 14.3. The van der Waals surface area contributed by atoms with Crippen LogP contribution in [0.15, 0.2) is 42.6 Å². The van der Waals surface area contributed by atoms with Gasteiger partial charge in [-0.2, -0.15) is 0 Å². The van der Waals surface area contributed by atoms with Crippen molar-refractivity contribution in [2.75, 3.05) is 0 Å². The van der Waals surface area contributed by atoms with E-state index in [1.54, 1.807) is 0 Å². The molecule has 3 rings (SSSR count). The molecule has 0 amide bonds. The third-order valence-electron chi connectivity index (χ3n) is 3.32. The molecule has 0 aliphatic rings. The minimum Gasteiger partial charge on any atom is -0.452 e. The van der Waals surface area contributed by atoms with Gasteiger partial charge in [0.15, 0.2) is 4.67 Å². The number of nitrogens with one attached hydrogen (secondary N) is 3. The minimum absolute atomic E-state index is 0.135. The molecule has 21 heavy (non-hydrogen) atoms. The number of hydrogen-bond acceptors (Lipinski definition) is 3. The van der Waals surface area contributed by atoms with E-state index in [1.807, 2.05) is 24.3 Å². The topological polar surface area (TPSA) is 73.8 Å². The molecule has 0 bridgehead atoms. The summed E-state index contributed by atoms with van der Waals surface area (Å²) in [7, 11) is 0. The first kappa shape index (κ1) is 14.6. The van der Waals surface area contributed by atoms with Crippen molar-refractivity contribution in [1.29, 1.82) is 0 Å². The molecule has 0 radical (unpaired) electrons. The van der Waals surface area contributed by atoms with Crippen LogP contribution in [-0.4, -0.2) is 9.97 Å². The molecule has 5 nitrogen and oxygen atoms in total. The van der Waals surface area contributed by atoms with E-state index in [9.17, 15) is 4.79 Å². The van der Waals surface area contributed by atoms with Crippen LogP contribution in [-0.2, 0) is 6.54 Å². The van der Waals surface area contributed by atoms with Crippen LogP contribution >= 0.6 is 31.9 Å². The van der Waals surface area contributed by atoms with Gasteiger partial charge in [-0.3, -0.25) is 0 Å². The summed E-state index contributed by atoms with van der Waals surface area (Å²) < 4.78 is 7.12. The Morgan fingerprint density at radius 1 is 1.24 bits per heavy atom. The van der Waals surface area contributed by atoms with Gasteiger partial charge in [-0.25, -0.2) is 4.79 Å². The molecule has 1 atom stereocenters. The summed E-state index contributed by atoms with van der Waals surface area (Å²) in [6.07, 6.45) is 0. The van der Waals surface area contributed by atoms with Crippen LogP contribution in [0.4, 0.5) is 0 Å². The third kappa shape index (κ3) is 3.14. The van der Waals surface area contributed by atoms with Gasteiger partial charge in [0.1, 0.15) is 5.76 Å². The van der Waals surface area contributed by atoms with Gasteiger partial charge in [-0.15, -0.1) is 0 Å². The van der Waals surface area contributed by atoms with Crippen LogP contribution in [0.5, 0.6) is 0 Å². The van der Waals surface area contributed by atoms with E-state index in [1.165, 1.54) is 0 Å². The lowest BCUT2D eigenvalue weighted by Crippen LogP contribution is -2.17. The maximum atomic E-state index is 11.3. The quantitative estimate of drug-likeness (QED) is 0.607. The van der Waals surface area contributed by atoms with Crippen LogP contribution in [0.3, 0.4) is 0 Å². The van der Waals surface area contributed by atoms with Gasteiger partial charge in [0.05, 0.1) is 22.1 Å². The Bertz CT molecular complexity index is 815. The molecule has 0 saturated carbocycles. The highest BCUT2D eigenvalue weighted by Crippen LogP contribution is 2.27. The number of hydrogen-bond donors (Lipinski definition) is 3. The second kappa shape index (κ2) is 5.82. The molecule has 0 fully saturated rings. The Balaban J connectivity index is 1.73. The monoisotopic (exact) mass is 413 g/mol. The van der Waals surface area contributed by atoms with E-state index in [-0.39, 0.29) is 11.7 Å². The lowest BCUT2D eigenvalue weighted by atomic mass is 10.1. The molecule has 2 heterocycles. The number of H-pyrrole nitrogens is 2. The smallest absolute Gasteiger partial charge is 0.323 e. The minimum atomic E-state index is -0.187. The summed E-state index contributed by atoms with van der Waals surface area (Å²) in [4.78, 5) is 16.8. The molecule has 1 unspecified atom stereocenters. The first-order chi connectivity index (χ1) is 10.0. The van der Waals surface area contributed by atoms with Crippen molar-refractivity contribution >= 4 is 42.9 Å². The summed E-state index contributed by atoms with van der Waals surface area (Å²) in [6, 6.07) is 7.93. The Morgan fingerprint density at radius 2 is 2.00 bits per heavy atom. The van der Waals surface area contributed by atoms with Crippen molar-refractivity contribution in [3.8, 4) is 0 Å². The van der Waals surface area contributed by atoms with Crippen LogP contribution in [0.25, 0.3) is 11.0 Å². The van der Waals surface area contributed by atoms with Gasteiger partial charge in [-0.05, 0) is 62.5 Å². The molecule has 0 aliphatic carbocycles. The number of furan rings is 1. The van der Waals surface area contributed by atoms with Crippen LogP contribution in [0.2, 0.25) is 0 Å². The fourth-order valence-electron chi connectivity index (χ4n) is 2.17. The predicted molar refractivity (Wildman–Crippen MR) is 88.3 cm³/mol. The predicted octanol–water partition coefficient (Wildman–Crippen LogP) is 3.83. The zero-order chi connectivity index (χ0) is 15.0. The molecule has 3 N–H and O–H groups in total. The molecule has 3 aromatic rings. The molecule has 0 saturated heterocycles. The van der Waals surface area contributed by atoms with Gasteiger partial charge in [0, 0.05) is 6.04 Å². The number of aromatic nitrogens is 2. The van der Waals surface area contributed by atoms with Gasteiger partial charge in [0.25, 0.3) is 0 Å². The Hall–Kier alpha value is -1.31. The molecular weight excluding hydrogens is 402 g/mol. The van der Waals surface area contributed by atoms with E-state index in [0.717, 1.165) is 26.8 Å². The highest BCUT2D eigenvalue weighted by molar-refractivity contribution is 9.13. The Labute approximate surface area is 137 Å². The number of imidazole rings is 1. The van der Waals surface area contributed by atoms with Gasteiger partial charge >= 0.3 is 5.69 Å². The highest BCUT2D eigenvalue weighted by Gasteiger charge is 2.10.